The zero-order valence-electron chi connectivity index (χ0n) is 17.5. The lowest BCUT2D eigenvalue weighted by Gasteiger charge is -2.18. The number of nitrogens with zero attached hydrogens (tertiary/aromatic N) is 2. The number of H-pyrrole nitrogens is 1. The molecule has 0 bridgehead atoms. The predicted octanol–water partition coefficient (Wildman–Crippen LogP) is 4.56. The largest absolute Gasteiger partial charge is 0.504 e. The molecule has 2 N–H and O–H groups in total. The number of nitrogens with one attached hydrogen (secondary N) is 1. The number of likely N-dealkylation sites (N-methyl/N-ethyl adjacent to an activating group) is 1. The standard InChI is InChI=1S/C24H24FN3O2/c1-13(12-28(3)4)15-7-9-16(10-8-15)18-19-17-6-5-11-26-22(17)24(30)27-21(19)14(2)20(25)23(18)29/h5-11,13,29H,12H2,1-4H3,(H,27,30). The molecule has 2 aromatic heterocycles. The molecular formula is C24H24FN3O2. The highest BCUT2D eigenvalue weighted by Crippen LogP contribution is 2.42. The second-order valence-electron chi connectivity index (χ2n) is 8.05. The molecule has 5 nitrogen and oxygen atoms in total. The highest BCUT2D eigenvalue weighted by molar-refractivity contribution is 6.14. The van der Waals surface area contributed by atoms with E-state index in [9.17, 15) is 14.3 Å². The normalized spacial score (nSPS) is 12.7. The van der Waals surface area contributed by atoms with Crippen LogP contribution in [0.25, 0.3) is 32.9 Å². The first-order valence-corrected chi connectivity index (χ1v) is 9.86. The number of aromatic nitrogens is 2. The molecule has 4 aromatic rings. The fourth-order valence-electron chi connectivity index (χ4n) is 4.13. The van der Waals surface area contributed by atoms with Crippen LogP contribution in [0.5, 0.6) is 5.75 Å². The van der Waals surface area contributed by atoms with Gasteiger partial charge in [-0.3, -0.25) is 9.78 Å². The summed E-state index contributed by atoms with van der Waals surface area (Å²) >= 11 is 0. The number of benzene rings is 2. The fraction of sp³-hybridized carbons (Fsp3) is 0.250. The molecule has 6 heteroatoms. The van der Waals surface area contributed by atoms with Crippen LogP contribution >= 0.6 is 0 Å². The molecule has 30 heavy (non-hydrogen) atoms. The zero-order chi connectivity index (χ0) is 21.6. The van der Waals surface area contributed by atoms with Gasteiger partial charge >= 0.3 is 0 Å². The van der Waals surface area contributed by atoms with E-state index in [0.717, 1.165) is 12.1 Å². The Hall–Kier alpha value is -3.25. The van der Waals surface area contributed by atoms with E-state index in [2.05, 4.69) is 21.8 Å². The van der Waals surface area contributed by atoms with E-state index in [1.807, 2.05) is 38.4 Å². The van der Waals surface area contributed by atoms with Crippen LogP contribution in [0.3, 0.4) is 0 Å². The summed E-state index contributed by atoms with van der Waals surface area (Å²) in [4.78, 5) is 21.6. The molecule has 0 aliphatic carbocycles. The van der Waals surface area contributed by atoms with Crippen molar-refractivity contribution >= 4 is 21.8 Å². The number of phenolic OH excluding ortho intramolecular Hbond substituents is 1. The van der Waals surface area contributed by atoms with Gasteiger partial charge in [-0.05, 0) is 44.1 Å². The van der Waals surface area contributed by atoms with Gasteiger partial charge in [0.15, 0.2) is 11.6 Å². The number of halogens is 1. The van der Waals surface area contributed by atoms with E-state index in [1.54, 1.807) is 25.3 Å². The van der Waals surface area contributed by atoms with Gasteiger partial charge in [0.05, 0.1) is 5.52 Å². The van der Waals surface area contributed by atoms with Crippen LogP contribution in [0.1, 0.15) is 24.0 Å². The van der Waals surface area contributed by atoms with Crippen molar-refractivity contribution in [2.24, 2.45) is 0 Å². The lowest BCUT2D eigenvalue weighted by atomic mass is 9.92. The van der Waals surface area contributed by atoms with Gasteiger partial charge < -0.3 is 15.0 Å². The van der Waals surface area contributed by atoms with Crippen molar-refractivity contribution in [1.29, 1.82) is 0 Å². The van der Waals surface area contributed by atoms with E-state index in [4.69, 9.17) is 0 Å². The Morgan fingerprint density at radius 3 is 2.57 bits per heavy atom. The van der Waals surface area contributed by atoms with E-state index in [0.29, 0.717) is 33.3 Å². The minimum Gasteiger partial charge on any atom is -0.504 e. The first kappa shape index (κ1) is 20.0. The summed E-state index contributed by atoms with van der Waals surface area (Å²) in [6.45, 7) is 4.60. The van der Waals surface area contributed by atoms with E-state index in [1.165, 1.54) is 0 Å². The molecule has 0 spiro atoms. The Labute approximate surface area is 173 Å². The van der Waals surface area contributed by atoms with Crippen molar-refractivity contribution in [2.75, 3.05) is 20.6 Å². The van der Waals surface area contributed by atoms with Crippen LogP contribution in [0, 0.1) is 12.7 Å². The van der Waals surface area contributed by atoms with Crippen LogP contribution in [-0.4, -0.2) is 40.6 Å². The van der Waals surface area contributed by atoms with Gasteiger partial charge in [0.1, 0.15) is 5.52 Å². The summed E-state index contributed by atoms with van der Waals surface area (Å²) in [6.07, 6.45) is 1.54. The second-order valence-corrected chi connectivity index (χ2v) is 8.05. The van der Waals surface area contributed by atoms with Crippen LogP contribution in [-0.2, 0) is 0 Å². The summed E-state index contributed by atoms with van der Waals surface area (Å²) in [7, 11) is 4.06. The highest BCUT2D eigenvalue weighted by atomic mass is 19.1. The molecule has 1 atom stereocenters. The topological polar surface area (TPSA) is 69.2 Å². The minimum absolute atomic E-state index is 0.199. The van der Waals surface area contributed by atoms with Gasteiger partial charge in [-0.1, -0.05) is 37.3 Å². The average Bonchev–Trinajstić information content (AvgIpc) is 2.73. The molecule has 0 aliphatic rings. The van der Waals surface area contributed by atoms with Gasteiger partial charge in [0.25, 0.3) is 5.56 Å². The monoisotopic (exact) mass is 405 g/mol. The zero-order valence-corrected chi connectivity index (χ0v) is 17.5. The molecule has 4 rings (SSSR count). The third-order valence-corrected chi connectivity index (χ3v) is 5.59. The predicted molar refractivity (Wildman–Crippen MR) is 119 cm³/mol. The second kappa shape index (κ2) is 7.54. The number of aromatic hydroxyl groups is 1. The van der Waals surface area contributed by atoms with E-state index in [-0.39, 0.29) is 16.6 Å². The summed E-state index contributed by atoms with van der Waals surface area (Å²) in [6, 6.07) is 11.3. The smallest absolute Gasteiger partial charge is 0.274 e. The third-order valence-electron chi connectivity index (χ3n) is 5.59. The molecule has 0 amide bonds. The average molecular weight is 405 g/mol. The molecule has 0 fully saturated rings. The van der Waals surface area contributed by atoms with Crippen molar-refractivity contribution in [3.05, 3.63) is 69.9 Å². The van der Waals surface area contributed by atoms with Crippen LogP contribution < -0.4 is 5.56 Å². The van der Waals surface area contributed by atoms with Gasteiger partial charge in [-0.25, -0.2) is 4.39 Å². The number of hydrogen-bond donors (Lipinski definition) is 2. The number of aryl methyl sites for hydroxylation is 1. The summed E-state index contributed by atoms with van der Waals surface area (Å²) < 4.78 is 14.9. The minimum atomic E-state index is -0.735. The first-order valence-electron chi connectivity index (χ1n) is 9.86. The van der Waals surface area contributed by atoms with Gasteiger partial charge in [0.2, 0.25) is 0 Å². The van der Waals surface area contributed by atoms with Crippen molar-refractivity contribution in [1.82, 2.24) is 14.9 Å². The molecular weight excluding hydrogens is 381 g/mol. The van der Waals surface area contributed by atoms with Gasteiger partial charge in [-0.2, -0.15) is 0 Å². The maximum absolute atomic E-state index is 14.9. The van der Waals surface area contributed by atoms with Crippen LogP contribution in [0.2, 0.25) is 0 Å². The molecule has 2 aromatic carbocycles. The van der Waals surface area contributed by atoms with Crippen molar-refractivity contribution in [2.45, 2.75) is 19.8 Å². The van der Waals surface area contributed by atoms with Gasteiger partial charge in [0, 0.05) is 34.6 Å². The molecule has 0 saturated carbocycles. The lowest BCUT2D eigenvalue weighted by Crippen LogP contribution is -2.18. The number of phenols is 1. The Morgan fingerprint density at radius 1 is 1.20 bits per heavy atom. The van der Waals surface area contributed by atoms with Crippen molar-refractivity contribution < 1.29 is 9.50 Å². The number of hydrogen-bond acceptors (Lipinski definition) is 4. The maximum Gasteiger partial charge on any atom is 0.274 e. The molecule has 1 unspecified atom stereocenters. The van der Waals surface area contributed by atoms with Crippen LogP contribution in [0.15, 0.2) is 47.4 Å². The lowest BCUT2D eigenvalue weighted by molar-refractivity contribution is 0.383. The Bertz CT molecular complexity index is 1310. The number of fused-ring (bicyclic) bond motifs is 3. The molecule has 0 radical (unpaired) electrons. The summed E-state index contributed by atoms with van der Waals surface area (Å²) in [5, 5.41) is 11.9. The third kappa shape index (κ3) is 3.23. The summed E-state index contributed by atoms with van der Waals surface area (Å²) in [5.41, 5.74) is 2.63. The Balaban J connectivity index is 2.01. The Morgan fingerprint density at radius 2 is 1.90 bits per heavy atom. The molecule has 0 aliphatic heterocycles. The number of pyridine rings is 2. The molecule has 154 valence electrons. The van der Waals surface area contributed by atoms with E-state index < -0.39 is 11.6 Å². The maximum atomic E-state index is 14.9. The van der Waals surface area contributed by atoms with Crippen LogP contribution in [0.4, 0.5) is 4.39 Å². The first-order chi connectivity index (χ1) is 14.3. The Kier molecular flexibility index (Phi) is 5.03. The van der Waals surface area contributed by atoms with Gasteiger partial charge in [-0.15, -0.1) is 0 Å². The number of aromatic amines is 1. The van der Waals surface area contributed by atoms with Crippen molar-refractivity contribution in [3.8, 4) is 16.9 Å². The quantitative estimate of drug-likeness (QED) is 0.488. The molecule has 2 heterocycles. The number of rotatable bonds is 4. The SMILES string of the molecule is Cc1c(F)c(O)c(-c2ccc(C(C)CN(C)C)cc2)c2c1[nH]c(=O)c1ncccc12. The summed E-state index contributed by atoms with van der Waals surface area (Å²) in [5.74, 6) is -0.830. The van der Waals surface area contributed by atoms with E-state index >= 15 is 0 Å². The fourth-order valence-corrected chi connectivity index (χ4v) is 4.13. The molecule has 0 saturated heterocycles. The van der Waals surface area contributed by atoms with Crippen molar-refractivity contribution in [3.63, 3.8) is 0 Å². The highest BCUT2D eigenvalue weighted by Gasteiger charge is 2.22.